The Labute approximate surface area is 180 Å². The van der Waals surface area contributed by atoms with Crippen molar-refractivity contribution in [3.8, 4) is 0 Å². The van der Waals surface area contributed by atoms with Crippen LogP contribution in [0, 0.1) is 0 Å². The lowest BCUT2D eigenvalue weighted by Crippen LogP contribution is -2.25. The summed E-state index contributed by atoms with van der Waals surface area (Å²) in [5, 5.41) is 5.44. The minimum absolute atomic E-state index is 0.133. The molecule has 9 heteroatoms. The Bertz CT molecular complexity index is 1120. The van der Waals surface area contributed by atoms with Gasteiger partial charge < -0.3 is 10.1 Å². The summed E-state index contributed by atoms with van der Waals surface area (Å²) >= 11 is 1.42. The topological polar surface area (TPSA) is 90.3 Å². The fraction of sp³-hybridized carbons (Fsp3) is 0.381. The van der Waals surface area contributed by atoms with Gasteiger partial charge in [-0.15, -0.1) is 11.3 Å². The van der Waals surface area contributed by atoms with Crippen LogP contribution >= 0.6 is 11.3 Å². The number of carbonyl (C=O) groups excluding carboxylic acids is 1. The molecule has 1 amide bonds. The summed E-state index contributed by atoms with van der Waals surface area (Å²) in [4.78, 5) is 29.7. The molecule has 1 saturated heterocycles. The highest BCUT2D eigenvalue weighted by Crippen LogP contribution is 2.19. The average molecular weight is 446 g/mol. The van der Waals surface area contributed by atoms with Crippen LogP contribution in [0.3, 0.4) is 0 Å². The molecule has 0 saturated carbocycles. The number of rotatable bonds is 7. The predicted octanol–water partition coefficient (Wildman–Crippen LogP) is 2.91. The number of benzene rings is 1. The molecule has 1 N–H and O–H groups in total. The van der Waals surface area contributed by atoms with E-state index in [4.69, 9.17) is 4.74 Å². The minimum atomic E-state index is -0.954. The lowest BCUT2D eigenvalue weighted by atomic mass is 10.2. The summed E-state index contributed by atoms with van der Waals surface area (Å²) < 4.78 is 19.4. The highest BCUT2D eigenvalue weighted by Gasteiger charge is 2.20. The molecule has 7 nitrogen and oxygen atoms in total. The quantitative estimate of drug-likeness (QED) is 0.604. The van der Waals surface area contributed by atoms with Gasteiger partial charge in [0.1, 0.15) is 4.83 Å². The number of fused-ring (bicyclic) bond motifs is 1. The summed E-state index contributed by atoms with van der Waals surface area (Å²) in [5.41, 5.74) is 1.47. The molecule has 0 aliphatic carbocycles. The van der Waals surface area contributed by atoms with Crippen LogP contribution in [0.25, 0.3) is 10.2 Å². The van der Waals surface area contributed by atoms with Gasteiger partial charge in [0.2, 0.25) is 5.91 Å². The van der Waals surface area contributed by atoms with Crippen LogP contribution in [0.4, 0.5) is 5.69 Å². The maximum absolute atomic E-state index is 12.6. The number of aromatic nitrogens is 2. The predicted molar refractivity (Wildman–Crippen MR) is 119 cm³/mol. The largest absolute Gasteiger partial charge is 0.381 e. The van der Waals surface area contributed by atoms with Crippen LogP contribution in [0.2, 0.25) is 0 Å². The maximum atomic E-state index is 12.6. The number of hydrogen-bond donors (Lipinski definition) is 1. The third-order valence-electron chi connectivity index (χ3n) is 5.09. The van der Waals surface area contributed by atoms with Gasteiger partial charge in [0.05, 0.1) is 11.7 Å². The molecule has 1 fully saturated rings. The second kappa shape index (κ2) is 9.63. The number of nitrogens with one attached hydrogen (secondary N) is 1. The Morgan fingerprint density at radius 1 is 1.30 bits per heavy atom. The Morgan fingerprint density at radius 3 is 2.97 bits per heavy atom. The molecule has 0 bridgehead atoms. The highest BCUT2D eigenvalue weighted by atomic mass is 32.2. The van der Waals surface area contributed by atoms with E-state index >= 15 is 0 Å². The van der Waals surface area contributed by atoms with Gasteiger partial charge in [-0.05, 0) is 42.0 Å². The standard InChI is InChI=1S/C21H23N3O4S2/c25-19(4-8-24-14-22-20-18(21(24)26)7-11-29-20)23-16-3-1-2-15(12-16)13-30(27)17-5-9-28-10-6-17/h1-3,7,11-12,14,17H,4-6,8-10,13H2,(H,23,25). The summed E-state index contributed by atoms with van der Waals surface area (Å²) in [6, 6.07) is 9.20. The van der Waals surface area contributed by atoms with Crippen molar-refractivity contribution in [3.05, 3.63) is 58.0 Å². The molecule has 1 unspecified atom stereocenters. The molecule has 0 radical (unpaired) electrons. The molecule has 4 rings (SSSR count). The molecule has 1 aliphatic rings. The number of anilines is 1. The first-order valence-corrected chi connectivity index (χ1v) is 12.1. The molecule has 30 heavy (non-hydrogen) atoms. The fourth-order valence-electron chi connectivity index (χ4n) is 3.46. The van der Waals surface area contributed by atoms with Gasteiger partial charge in [-0.25, -0.2) is 4.98 Å². The minimum Gasteiger partial charge on any atom is -0.381 e. The first kappa shape index (κ1) is 20.9. The summed E-state index contributed by atoms with van der Waals surface area (Å²) in [6.45, 7) is 1.60. The number of thiophene rings is 1. The zero-order valence-corrected chi connectivity index (χ0v) is 18.0. The number of amides is 1. The molecule has 1 aromatic carbocycles. The van der Waals surface area contributed by atoms with E-state index in [1.54, 1.807) is 6.07 Å². The molecule has 1 aliphatic heterocycles. The van der Waals surface area contributed by atoms with Crippen LogP contribution in [0.5, 0.6) is 0 Å². The molecular formula is C21H23N3O4S2. The Balaban J connectivity index is 1.33. The van der Waals surface area contributed by atoms with E-state index in [-0.39, 0.29) is 29.7 Å². The number of carbonyl (C=O) groups is 1. The van der Waals surface area contributed by atoms with E-state index in [1.165, 1.54) is 22.2 Å². The SMILES string of the molecule is O=C(CCn1cnc2sccc2c1=O)Nc1cccc(CS(=O)C2CCOCC2)c1. The fourth-order valence-corrected chi connectivity index (χ4v) is 5.64. The van der Waals surface area contributed by atoms with Crippen molar-refractivity contribution in [2.75, 3.05) is 18.5 Å². The van der Waals surface area contributed by atoms with Crippen molar-refractivity contribution in [2.45, 2.75) is 36.8 Å². The second-order valence-corrected chi connectivity index (χ2v) is 9.83. The average Bonchev–Trinajstić information content (AvgIpc) is 3.24. The van der Waals surface area contributed by atoms with Crippen molar-refractivity contribution in [1.29, 1.82) is 0 Å². The van der Waals surface area contributed by atoms with Crippen molar-refractivity contribution in [3.63, 3.8) is 0 Å². The molecule has 1 atom stereocenters. The van der Waals surface area contributed by atoms with Gasteiger partial charge in [0.25, 0.3) is 5.56 Å². The molecule has 2 aromatic heterocycles. The molecular weight excluding hydrogens is 422 g/mol. The highest BCUT2D eigenvalue weighted by molar-refractivity contribution is 7.84. The van der Waals surface area contributed by atoms with Crippen LogP contribution in [0.15, 0.2) is 46.8 Å². The monoisotopic (exact) mass is 445 g/mol. The summed E-state index contributed by atoms with van der Waals surface area (Å²) in [5.74, 6) is 0.283. The van der Waals surface area contributed by atoms with E-state index in [1.807, 2.05) is 29.6 Å². The van der Waals surface area contributed by atoms with Crippen LogP contribution in [-0.2, 0) is 32.6 Å². The van der Waals surface area contributed by atoms with Crippen LogP contribution < -0.4 is 10.9 Å². The van der Waals surface area contributed by atoms with E-state index in [9.17, 15) is 13.8 Å². The van der Waals surface area contributed by atoms with Crippen LogP contribution in [0.1, 0.15) is 24.8 Å². The third-order valence-corrected chi connectivity index (χ3v) is 7.74. The van der Waals surface area contributed by atoms with Gasteiger partial charge in [-0.1, -0.05) is 12.1 Å². The molecule has 3 aromatic rings. The zero-order chi connectivity index (χ0) is 20.9. The number of nitrogens with zero attached hydrogens (tertiary/aromatic N) is 2. The summed E-state index contributed by atoms with van der Waals surface area (Å²) in [7, 11) is -0.954. The Hall–Kier alpha value is -2.36. The lowest BCUT2D eigenvalue weighted by molar-refractivity contribution is -0.116. The van der Waals surface area contributed by atoms with E-state index in [0.29, 0.717) is 34.9 Å². The van der Waals surface area contributed by atoms with Gasteiger partial charge in [-0.3, -0.25) is 18.4 Å². The van der Waals surface area contributed by atoms with Crippen molar-refractivity contribution < 1.29 is 13.7 Å². The first-order valence-electron chi connectivity index (χ1n) is 9.86. The van der Waals surface area contributed by atoms with Gasteiger partial charge >= 0.3 is 0 Å². The molecule has 158 valence electrons. The number of ether oxygens (including phenoxy) is 1. The van der Waals surface area contributed by atoms with Gasteiger partial charge in [0, 0.05) is 53.7 Å². The van der Waals surface area contributed by atoms with E-state index in [2.05, 4.69) is 10.3 Å². The van der Waals surface area contributed by atoms with Crippen molar-refractivity contribution in [2.24, 2.45) is 0 Å². The number of hydrogen-bond acceptors (Lipinski definition) is 6. The van der Waals surface area contributed by atoms with Crippen LogP contribution in [-0.4, -0.2) is 38.1 Å². The van der Waals surface area contributed by atoms with E-state index in [0.717, 1.165) is 18.4 Å². The normalized spacial score (nSPS) is 15.9. The van der Waals surface area contributed by atoms with Crippen molar-refractivity contribution >= 4 is 43.9 Å². The number of aryl methyl sites for hydroxylation is 1. The van der Waals surface area contributed by atoms with Crippen molar-refractivity contribution in [1.82, 2.24) is 9.55 Å². The first-order chi connectivity index (χ1) is 14.6. The molecule has 0 spiro atoms. The van der Waals surface area contributed by atoms with Gasteiger partial charge in [-0.2, -0.15) is 0 Å². The maximum Gasteiger partial charge on any atom is 0.262 e. The summed E-state index contributed by atoms with van der Waals surface area (Å²) in [6.07, 6.45) is 3.30. The molecule has 3 heterocycles. The second-order valence-electron chi connectivity index (χ2n) is 7.22. The lowest BCUT2D eigenvalue weighted by Gasteiger charge is -2.21. The Morgan fingerprint density at radius 2 is 2.13 bits per heavy atom. The van der Waals surface area contributed by atoms with Gasteiger partial charge in [0.15, 0.2) is 0 Å². The zero-order valence-electron chi connectivity index (χ0n) is 16.4. The van der Waals surface area contributed by atoms with E-state index < -0.39 is 10.8 Å². The Kier molecular flexibility index (Phi) is 6.71. The third kappa shape index (κ3) is 5.03. The smallest absolute Gasteiger partial charge is 0.262 e.